The van der Waals surface area contributed by atoms with Crippen LogP contribution in [0.1, 0.15) is 72.9 Å². The summed E-state index contributed by atoms with van der Waals surface area (Å²) in [5.41, 5.74) is 5.93. The van der Waals surface area contributed by atoms with Crippen molar-refractivity contribution in [3.8, 4) is 0 Å². The van der Waals surface area contributed by atoms with Crippen LogP contribution in [-0.4, -0.2) is 31.7 Å². The Hall–Kier alpha value is -2.18. The lowest BCUT2D eigenvalue weighted by molar-refractivity contribution is -0.126. The Morgan fingerprint density at radius 1 is 1.06 bits per heavy atom. The minimum Gasteiger partial charge on any atom is -0.349 e. The average Bonchev–Trinajstić information content (AvgIpc) is 2.82. The molecule has 5 nitrogen and oxygen atoms in total. The summed E-state index contributed by atoms with van der Waals surface area (Å²) in [6.07, 6.45) is 6.77. The molecule has 0 aromatic heterocycles. The van der Waals surface area contributed by atoms with Crippen molar-refractivity contribution < 1.29 is 13.2 Å². The highest BCUT2D eigenvalue weighted by Gasteiger charge is 2.32. The lowest BCUT2D eigenvalue weighted by Crippen LogP contribution is -2.44. The molecule has 2 aliphatic rings. The number of nitrogens with zero attached hydrogens (tertiary/aromatic N) is 1. The molecular weight excluding hydrogens is 432 g/mol. The van der Waals surface area contributed by atoms with Gasteiger partial charge < -0.3 is 5.32 Å². The molecule has 1 atom stereocenters. The van der Waals surface area contributed by atoms with Crippen molar-refractivity contribution in [2.45, 2.75) is 70.6 Å². The average molecular weight is 469 g/mol. The van der Waals surface area contributed by atoms with E-state index in [-0.39, 0.29) is 23.6 Å². The summed E-state index contributed by atoms with van der Waals surface area (Å²) in [7, 11) is -3.38. The second-order valence-electron chi connectivity index (χ2n) is 9.62. The van der Waals surface area contributed by atoms with Crippen LogP contribution in [-0.2, 0) is 33.4 Å². The molecule has 4 rings (SSSR count). The van der Waals surface area contributed by atoms with Gasteiger partial charge in [-0.2, -0.15) is 0 Å². The molecule has 1 aliphatic carbocycles. The fourth-order valence-corrected chi connectivity index (χ4v) is 6.73. The molecule has 0 radical (unpaired) electrons. The molecule has 1 N–H and O–H groups in total. The SMILES string of the molecule is CC[C@@H](NC(=O)C1CCN(S(=O)(=O)Cc2cccc(C)c2)CC1)c1ccc2c(c1)CCCC2. The monoisotopic (exact) mass is 468 g/mol. The third-order valence-electron chi connectivity index (χ3n) is 7.15. The maximum absolute atomic E-state index is 13.0. The minimum atomic E-state index is -3.38. The summed E-state index contributed by atoms with van der Waals surface area (Å²) in [6, 6.07) is 14.3. The predicted molar refractivity (Wildman–Crippen MR) is 132 cm³/mol. The zero-order valence-corrected chi connectivity index (χ0v) is 20.7. The predicted octanol–water partition coefficient (Wildman–Crippen LogP) is 4.68. The van der Waals surface area contributed by atoms with Crippen LogP contribution in [0.4, 0.5) is 0 Å². The molecule has 0 spiro atoms. The molecule has 0 unspecified atom stereocenters. The quantitative estimate of drug-likeness (QED) is 0.641. The van der Waals surface area contributed by atoms with Gasteiger partial charge in [-0.1, -0.05) is 55.0 Å². The van der Waals surface area contributed by atoms with Gasteiger partial charge in [-0.15, -0.1) is 0 Å². The summed E-state index contributed by atoms with van der Waals surface area (Å²) >= 11 is 0. The number of hydrogen-bond acceptors (Lipinski definition) is 3. The van der Waals surface area contributed by atoms with Gasteiger partial charge in [0.2, 0.25) is 15.9 Å². The van der Waals surface area contributed by atoms with E-state index in [0.717, 1.165) is 30.4 Å². The maximum Gasteiger partial charge on any atom is 0.223 e. The van der Waals surface area contributed by atoms with Gasteiger partial charge >= 0.3 is 0 Å². The van der Waals surface area contributed by atoms with Gasteiger partial charge in [-0.3, -0.25) is 4.79 Å². The molecule has 1 heterocycles. The zero-order chi connectivity index (χ0) is 23.4. The molecular formula is C27H36N2O3S. The van der Waals surface area contributed by atoms with Crippen molar-refractivity contribution in [2.24, 2.45) is 5.92 Å². The van der Waals surface area contributed by atoms with Crippen LogP contribution in [0.3, 0.4) is 0 Å². The number of fused-ring (bicyclic) bond motifs is 1. The maximum atomic E-state index is 13.0. The van der Waals surface area contributed by atoms with Gasteiger partial charge in [0.1, 0.15) is 0 Å². The van der Waals surface area contributed by atoms with Crippen LogP contribution in [0.25, 0.3) is 0 Å². The van der Waals surface area contributed by atoms with E-state index in [0.29, 0.717) is 25.9 Å². The van der Waals surface area contributed by atoms with Gasteiger partial charge in [0, 0.05) is 19.0 Å². The van der Waals surface area contributed by atoms with Crippen molar-refractivity contribution in [3.05, 3.63) is 70.3 Å². The molecule has 33 heavy (non-hydrogen) atoms. The second kappa shape index (κ2) is 10.4. The van der Waals surface area contributed by atoms with E-state index in [2.05, 4.69) is 30.4 Å². The first kappa shape index (κ1) is 24.0. The van der Waals surface area contributed by atoms with Gasteiger partial charge in [0.15, 0.2) is 0 Å². The Morgan fingerprint density at radius 3 is 2.48 bits per heavy atom. The molecule has 1 amide bonds. The summed E-state index contributed by atoms with van der Waals surface area (Å²) in [5, 5.41) is 3.25. The number of rotatable bonds is 7. The standard InChI is InChI=1S/C27H36N2O3S/c1-3-26(25-12-11-22-9-4-5-10-24(22)18-25)28-27(30)23-13-15-29(16-14-23)33(31,32)19-21-8-6-7-20(2)17-21/h6-8,11-12,17-18,23,26H,3-5,9-10,13-16,19H2,1-2H3,(H,28,30)/t26-/m1/s1. The summed E-state index contributed by atoms with van der Waals surface area (Å²) < 4.78 is 27.3. The van der Waals surface area contributed by atoms with Crippen molar-refractivity contribution in [2.75, 3.05) is 13.1 Å². The highest BCUT2D eigenvalue weighted by Crippen LogP contribution is 2.27. The first-order valence-electron chi connectivity index (χ1n) is 12.3. The third-order valence-corrected chi connectivity index (χ3v) is 9.00. The Kier molecular flexibility index (Phi) is 7.55. The van der Waals surface area contributed by atoms with E-state index in [1.54, 1.807) is 4.31 Å². The van der Waals surface area contributed by atoms with Crippen molar-refractivity contribution in [1.82, 2.24) is 9.62 Å². The molecule has 1 fully saturated rings. The largest absolute Gasteiger partial charge is 0.349 e. The third kappa shape index (κ3) is 5.85. The fourth-order valence-electron chi connectivity index (χ4n) is 5.18. The Bertz CT molecular complexity index is 1090. The van der Waals surface area contributed by atoms with Crippen LogP contribution in [0.15, 0.2) is 42.5 Å². The number of nitrogens with one attached hydrogen (secondary N) is 1. The number of carbonyl (C=O) groups is 1. The van der Waals surface area contributed by atoms with E-state index in [9.17, 15) is 13.2 Å². The van der Waals surface area contributed by atoms with Gasteiger partial charge in [0.05, 0.1) is 11.8 Å². The van der Waals surface area contributed by atoms with E-state index in [1.807, 2.05) is 31.2 Å². The number of hydrogen-bond donors (Lipinski definition) is 1. The molecule has 1 aliphatic heterocycles. The van der Waals surface area contributed by atoms with Gasteiger partial charge in [0.25, 0.3) is 0 Å². The number of piperidine rings is 1. The van der Waals surface area contributed by atoms with Gasteiger partial charge in [-0.05, 0) is 74.1 Å². The normalized spacial score (nSPS) is 18.5. The molecule has 2 aromatic rings. The van der Waals surface area contributed by atoms with Crippen molar-refractivity contribution >= 4 is 15.9 Å². The zero-order valence-electron chi connectivity index (χ0n) is 19.8. The molecule has 178 valence electrons. The smallest absolute Gasteiger partial charge is 0.223 e. The van der Waals surface area contributed by atoms with Crippen LogP contribution in [0.2, 0.25) is 0 Å². The molecule has 6 heteroatoms. The Balaban J connectivity index is 1.34. The van der Waals surface area contributed by atoms with E-state index < -0.39 is 10.0 Å². The molecule has 0 bridgehead atoms. The lowest BCUT2D eigenvalue weighted by atomic mass is 9.88. The molecule has 0 saturated carbocycles. The Morgan fingerprint density at radius 2 is 1.79 bits per heavy atom. The van der Waals surface area contributed by atoms with Crippen molar-refractivity contribution in [1.29, 1.82) is 0 Å². The van der Waals surface area contributed by atoms with E-state index in [4.69, 9.17) is 0 Å². The van der Waals surface area contributed by atoms with Gasteiger partial charge in [-0.25, -0.2) is 12.7 Å². The van der Waals surface area contributed by atoms with E-state index in [1.165, 1.54) is 29.5 Å². The number of carbonyl (C=O) groups excluding carboxylic acids is 1. The van der Waals surface area contributed by atoms with Crippen LogP contribution in [0.5, 0.6) is 0 Å². The topological polar surface area (TPSA) is 66.5 Å². The van der Waals surface area contributed by atoms with Crippen LogP contribution in [0, 0.1) is 12.8 Å². The first-order valence-corrected chi connectivity index (χ1v) is 13.9. The highest BCUT2D eigenvalue weighted by molar-refractivity contribution is 7.88. The fraction of sp³-hybridized carbons (Fsp3) is 0.519. The lowest BCUT2D eigenvalue weighted by Gasteiger charge is -2.31. The summed E-state index contributed by atoms with van der Waals surface area (Å²) in [4.78, 5) is 13.0. The first-order chi connectivity index (χ1) is 15.9. The Labute approximate surface area is 198 Å². The number of sulfonamides is 1. The minimum absolute atomic E-state index is 0.00723. The van der Waals surface area contributed by atoms with Crippen molar-refractivity contribution in [3.63, 3.8) is 0 Å². The summed E-state index contributed by atoms with van der Waals surface area (Å²) in [6.45, 7) is 4.88. The molecule has 1 saturated heterocycles. The highest BCUT2D eigenvalue weighted by atomic mass is 32.2. The summed E-state index contributed by atoms with van der Waals surface area (Å²) in [5.74, 6) is -0.0701. The molecule has 2 aromatic carbocycles. The number of aryl methyl sites for hydroxylation is 3. The van der Waals surface area contributed by atoms with Crippen LogP contribution >= 0.6 is 0 Å². The van der Waals surface area contributed by atoms with Crippen LogP contribution < -0.4 is 5.32 Å². The van der Waals surface area contributed by atoms with E-state index >= 15 is 0 Å². The second-order valence-corrected chi connectivity index (χ2v) is 11.6. The number of benzene rings is 2. The number of amides is 1.